The highest BCUT2D eigenvalue weighted by Crippen LogP contribution is 2.17. The number of hydrogen-bond donors (Lipinski definition) is 2. The second kappa shape index (κ2) is 13.8. The normalized spacial score (nSPS) is 11.4. The molecule has 0 bridgehead atoms. The van der Waals surface area contributed by atoms with Gasteiger partial charge in [0, 0.05) is 31.2 Å². The maximum absolute atomic E-state index is 13.5. The van der Waals surface area contributed by atoms with Crippen molar-refractivity contribution in [1.82, 2.24) is 20.8 Å². The van der Waals surface area contributed by atoms with Gasteiger partial charge in [-0.05, 0) is 42.9 Å². The number of rotatable bonds is 10. The number of nitrogens with one attached hydrogen (secondary N) is 2. The monoisotopic (exact) mass is 535 g/mol. The summed E-state index contributed by atoms with van der Waals surface area (Å²) in [5.74, 6) is 3.00. The molecule has 0 radical (unpaired) electrons. The predicted molar refractivity (Wildman–Crippen MR) is 129 cm³/mol. The van der Waals surface area contributed by atoms with Crippen molar-refractivity contribution in [2.75, 3.05) is 19.3 Å². The highest BCUT2D eigenvalue weighted by molar-refractivity contribution is 14.0. The van der Waals surface area contributed by atoms with Crippen LogP contribution in [0.1, 0.15) is 56.0 Å². The molecular weight excluding hydrogens is 504 g/mol. The number of guanidine groups is 1. The average molecular weight is 535 g/mol. The third-order valence-corrected chi connectivity index (χ3v) is 4.68. The van der Waals surface area contributed by atoms with Crippen molar-refractivity contribution in [3.8, 4) is 0 Å². The molecule has 1 aromatic carbocycles. The van der Waals surface area contributed by atoms with Crippen LogP contribution in [-0.2, 0) is 18.7 Å². The largest absolute Gasteiger partial charge is 0.357 e. The molecule has 0 saturated heterocycles. The number of benzene rings is 1. The summed E-state index contributed by atoms with van der Waals surface area (Å²) < 4.78 is 18.8. The minimum Gasteiger partial charge on any atom is -0.357 e. The van der Waals surface area contributed by atoms with Crippen LogP contribution >= 0.6 is 35.7 Å². The summed E-state index contributed by atoms with van der Waals surface area (Å²) in [6.07, 6.45) is 3.59. The van der Waals surface area contributed by atoms with Gasteiger partial charge in [-0.15, -0.1) is 24.0 Å². The van der Waals surface area contributed by atoms with Gasteiger partial charge in [-0.25, -0.2) is 9.38 Å². The van der Waals surface area contributed by atoms with Crippen LogP contribution in [0.25, 0.3) is 0 Å². The van der Waals surface area contributed by atoms with Gasteiger partial charge in [0.1, 0.15) is 5.82 Å². The second-order valence-corrected chi connectivity index (χ2v) is 7.64. The molecule has 2 N–H and O–H groups in total. The van der Waals surface area contributed by atoms with E-state index in [0.29, 0.717) is 12.4 Å². The van der Waals surface area contributed by atoms with E-state index in [1.165, 1.54) is 6.07 Å². The molecule has 6 nitrogen and oxygen atoms in total. The minimum absolute atomic E-state index is 0. The summed E-state index contributed by atoms with van der Waals surface area (Å²) in [6.45, 7) is 8.13. The molecule has 0 spiro atoms. The van der Waals surface area contributed by atoms with Crippen LogP contribution in [0.2, 0.25) is 0 Å². The molecule has 29 heavy (non-hydrogen) atoms. The zero-order valence-electron chi connectivity index (χ0n) is 17.5. The van der Waals surface area contributed by atoms with Gasteiger partial charge < -0.3 is 15.2 Å². The van der Waals surface area contributed by atoms with Gasteiger partial charge in [-0.3, -0.25) is 0 Å². The molecule has 0 saturated carbocycles. The van der Waals surface area contributed by atoms with E-state index in [9.17, 15) is 4.39 Å². The fourth-order valence-electron chi connectivity index (χ4n) is 2.60. The van der Waals surface area contributed by atoms with Crippen molar-refractivity contribution in [3.63, 3.8) is 0 Å². The first-order chi connectivity index (χ1) is 13.5. The number of halogens is 2. The first-order valence-corrected chi connectivity index (χ1v) is 11.0. The van der Waals surface area contributed by atoms with Crippen molar-refractivity contribution in [2.24, 2.45) is 4.99 Å². The van der Waals surface area contributed by atoms with Crippen LogP contribution in [0.4, 0.5) is 4.39 Å². The standard InChI is InChI=1S/C20H30FN5OS.HI/c1-5-22-20(23-10-6-7-18-25-19(14(2)3)26-27-18)24-12-15-8-9-17(21)11-16(15)13-28-4;/h8-9,11,14H,5-7,10,12-13H2,1-4H3,(H2,22,23,24);1H. The SMILES string of the molecule is CCNC(=NCc1ccc(F)cc1CSC)NCCCc1nc(C(C)C)no1.I. The maximum atomic E-state index is 13.5. The van der Waals surface area contributed by atoms with Crippen molar-refractivity contribution >= 4 is 41.7 Å². The lowest BCUT2D eigenvalue weighted by molar-refractivity contribution is 0.368. The van der Waals surface area contributed by atoms with Crippen molar-refractivity contribution < 1.29 is 8.91 Å². The lowest BCUT2D eigenvalue weighted by atomic mass is 10.1. The molecule has 0 atom stereocenters. The lowest BCUT2D eigenvalue weighted by Crippen LogP contribution is -2.37. The quantitative estimate of drug-likeness (QED) is 0.202. The summed E-state index contributed by atoms with van der Waals surface area (Å²) in [4.78, 5) is 9.03. The van der Waals surface area contributed by atoms with Crippen LogP contribution < -0.4 is 10.6 Å². The Morgan fingerprint density at radius 2 is 2.07 bits per heavy atom. The van der Waals surface area contributed by atoms with E-state index < -0.39 is 0 Å². The summed E-state index contributed by atoms with van der Waals surface area (Å²) >= 11 is 1.67. The maximum Gasteiger partial charge on any atom is 0.226 e. The molecule has 0 aliphatic carbocycles. The van der Waals surface area contributed by atoms with E-state index in [1.54, 1.807) is 17.8 Å². The molecule has 0 aliphatic rings. The van der Waals surface area contributed by atoms with E-state index in [4.69, 9.17) is 4.52 Å². The topological polar surface area (TPSA) is 75.3 Å². The van der Waals surface area contributed by atoms with Gasteiger partial charge in [0.05, 0.1) is 6.54 Å². The van der Waals surface area contributed by atoms with Gasteiger partial charge in [0.25, 0.3) is 0 Å². The molecular formula is C20H31FIN5OS. The Hall–Kier alpha value is -1.36. The van der Waals surface area contributed by atoms with Gasteiger partial charge >= 0.3 is 0 Å². The first kappa shape index (κ1) is 25.7. The molecule has 0 aliphatic heterocycles. The Bertz CT molecular complexity index is 769. The molecule has 1 aromatic heterocycles. The van der Waals surface area contributed by atoms with Crippen LogP contribution in [0.15, 0.2) is 27.7 Å². The fraction of sp³-hybridized carbons (Fsp3) is 0.550. The predicted octanol–water partition coefficient (Wildman–Crippen LogP) is 4.50. The van der Waals surface area contributed by atoms with E-state index in [2.05, 4.69) is 25.8 Å². The Labute approximate surface area is 193 Å². The van der Waals surface area contributed by atoms with E-state index in [1.807, 2.05) is 33.1 Å². The highest BCUT2D eigenvalue weighted by Gasteiger charge is 2.09. The third kappa shape index (κ3) is 8.90. The average Bonchev–Trinajstić information content (AvgIpc) is 3.14. The number of hydrogen-bond acceptors (Lipinski definition) is 5. The van der Waals surface area contributed by atoms with Gasteiger partial charge in [0.15, 0.2) is 11.8 Å². The van der Waals surface area contributed by atoms with E-state index in [0.717, 1.165) is 54.6 Å². The third-order valence-electron chi connectivity index (χ3n) is 4.08. The van der Waals surface area contributed by atoms with Gasteiger partial charge in [-0.1, -0.05) is 25.1 Å². The Balaban J connectivity index is 0.00000420. The Kier molecular flexibility index (Phi) is 12.2. The molecule has 2 aromatic rings. The van der Waals surface area contributed by atoms with Crippen molar-refractivity contribution in [3.05, 3.63) is 46.9 Å². The van der Waals surface area contributed by atoms with E-state index in [-0.39, 0.29) is 35.7 Å². The number of aliphatic imine (C=N–C) groups is 1. The zero-order chi connectivity index (χ0) is 20.4. The zero-order valence-corrected chi connectivity index (χ0v) is 20.6. The Morgan fingerprint density at radius 3 is 2.72 bits per heavy atom. The van der Waals surface area contributed by atoms with E-state index >= 15 is 0 Å². The van der Waals surface area contributed by atoms with Crippen LogP contribution in [0.3, 0.4) is 0 Å². The van der Waals surface area contributed by atoms with Crippen molar-refractivity contribution in [2.45, 2.75) is 51.8 Å². The molecule has 162 valence electrons. The van der Waals surface area contributed by atoms with Crippen LogP contribution in [0.5, 0.6) is 0 Å². The van der Waals surface area contributed by atoms with Crippen LogP contribution in [0, 0.1) is 5.82 Å². The number of aryl methyl sites for hydroxylation is 1. The molecule has 0 unspecified atom stereocenters. The summed E-state index contributed by atoms with van der Waals surface area (Å²) in [6, 6.07) is 4.90. The Morgan fingerprint density at radius 1 is 1.28 bits per heavy atom. The second-order valence-electron chi connectivity index (χ2n) is 6.77. The lowest BCUT2D eigenvalue weighted by Gasteiger charge is -2.12. The summed E-state index contributed by atoms with van der Waals surface area (Å²) in [7, 11) is 0. The molecule has 1 heterocycles. The highest BCUT2D eigenvalue weighted by atomic mass is 127. The smallest absolute Gasteiger partial charge is 0.226 e. The minimum atomic E-state index is -0.205. The van der Waals surface area contributed by atoms with Gasteiger partial charge in [0.2, 0.25) is 5.89 Å². The molecule has 2 rings (SSSR count). The van der Waals surface area contributed by atoms with Gasteiger partial charge in [-0.2, -0.15) is 16.7 Å². The number of nitrogens with zero attached hydrogens (tertiary/aromatic N) is 3. The molecule has 9 heteroatoms. The number of thioether (sulfide) groups is 1. The van der Waals surface area contributed by atoms with Crippen molar-refractivity contribution in [1.29, 1.82) is 0 Å². The molecule has 0 amide bonds. The fourth-order valence-corrected chi connectivity index (χ4v) is 3.17. The van der Waals surface area contributed by atoms with Crippen LogP contribution in [-0.4, -0.2) is 35.4 Å². The summed E-state index contributed by atoms with van der Waals surface area (Å²) in [5, 5.41) is 10.5. The number of aromatic nitrogens is 2. The first-order valence-electron chi connectivity index (χ1n) is 9.64. The summed E-state index contributed by atoms with van der Waals surface area (Å²) in [5.41, 5.74) is 2.03. The molecule has 0 fully saturated rings.